The lowest BCUT2D eigenvalue weighted by molar-refractivity contribution is -0.116. The maximum absolute atomic E-state index is 13.3. The Morgan fingerprint density at radius 2 is 1.56 bits per heavy atom. The van der Waals surface area contributed by atoms with Crippen molar-refractivity contribution in [3.8, 4) is 0 Å². The van der Waals surface area contributed by atoms with Gasteiger partial charge in [0.25, 0.3) is 5.56 Å². The zero-order valence-corrected chi connectivity index (χ0v) is 18.2. The molecule has 3 aromatic carbocycles. The van der Waals surface area contributed by atoms with Crippen molar-refractivity contribution < 1.29 is 4.79 Å². The van der Waals surface area contributed by atoms with Crippen LogP contribution < -0.4 is 16.6 Å². The second-order valence-corrected chi connectivity index (χ2v) is 8.00. The summed E-state index contributed by atoms with van der Waals surface area (Å²) in [5.41, 5.74) is 3.49. The van der Waals surface area contributed by atoms with Crippen LogP contribution in [0, 0.1) is 13.8 Å². The summed E-state index contributed by atoms with van der Waals surface area (Å²) >= 11 is 0. The summed E-state index contributed by atoms with van der Waals surface area (Å²) in [6, 6.07) is 22.4. The molecule has 4 rings (SSSR count). The quantitative estimate of drug-likeness (QED) is 0.510. The number of anilines is 1. The zero-order valence-electron chi connectivity index (χ0n) is 18.2. The van der Waals surface area contributed by atoms with Crippen LogP contribution in [0.1, 0.15) is 16.7 Å². The monoisotopic (exact) mass is 427 g/mol. The van der Waals surface area contributed by atoms with Crippen molar-refractivity contribution in [2.45, 2.75) is 33.4 Å². The number of nitrogens with zero attached hydrogens (tertiary/aromatic N) is 2. The van der Waals surface area contributed by atoms with Crippen LogP contribution in [0.25, 0.3) is 10.9 Å². The fourth-order valence-electron chi connectivity index (χ4n) is 3.90. The van der Waals surface area contributed by atoms with Crippen LogP contribution in [0.15, 0.2) is 82.4 Å². The molecule has 4 aromatic rings. The fraction of sp³-hybridized carbons (Fsp3) is 0.192. The molecular formula is C26H25N3O3. The third kappa shape index (κ3) is 4.54. The normalized spacial score (nSPS) is 10.9. The van der Waals surface area contributed by atoms with Crippen LogP contribution >= 0.6 is 0 Å². The summed E-state index contributed by atoms with van der Waals surface area (Å²) < 4.78 is 2.60. The molecule has 32 heavy (non-hydrogen) atoms. The van der Waals surface area contributed by atoms with Gasteiger partial charge < -0.3 is 5.32 Å². The molecular weight excluding hydrogens is 402 g/mol. The minimum Gasteiger partial charge on any atom is -0.325 e. The molecule has 0 saturated heterocycles. The molecule has 1 N–H and O–H groups in total. The predicted molar refractivity (Wildman–Crippen MR) is 127 cm³/mol. The molecule has 6 nitrogen and oxygen atoms in total. The van der Waals surface area contributed by atoms with Crippen LogP contribution in [0.5, 0.6) is 0 Å². The maximum atomic E-state index is 13.3. The first-order valence-electron chi connectivity index (χ1n) is 10.6. The van der Waals surface area contributed by atoms with Crippen LogP contribution in [-0.2, 0) is 24.3 Å². The molecule has 1 heterocycles. The first kappa shape index (κ1) is 21.3. The van der Waals surface area contributed by atoms with Gasteiger partial charge >= 0.3 is 5.69 Å². The fourth-order valence-corrected chi connectivity index (χ4v) is 3.90. The van der Waals surface area contributed by atoms with Crippen molar-refractivity contribution >= 4 is 22.5 Å². The summed E-state index contributed by atoms with van der Waals surface area (Å²) in [4.78, 5) is 39.1. The van der Waals surface area contributed by atoms with E-state index in [9.17, 15) is 14.4 Å². The Bertz CT molecular complexity index is 1420. The summed E-state index contributed by atoms with van der Waals surface area (Å²) in [5.74, 6) is -0.327. The van der Waals surface area contributed by atoms with Gasteiger partial charge in [0.15, 0.2) is 0 Å². The number of fused-ring (bicyclic) bond motifs is 1. The third-order valence-corrected chi connectivity index (χ3v) is 5.44. The summed E-state index contributed by atoms with van der Waals surface area (Å²) in [5, 5.41) is 3.25. The van der Waals surface area contributed by atoms with Crippen LogP contribution in [-0.4, -0.2) is 15.0 Å². The Morgan fingerprint density at radius 3 is 2.31 bits per heavy atom. The van der Waals surface area contributed by atoms with Gasteiger partial charge in [0.2, 0.25) is 5.91 Å². The SMILES string of the molecule is Cc1cccc(CCn2c(=O)c3ccccc3n(CC(=O)Nc3cccc(C)c3)c2=O)c1. The highest BCUT2D eigenvalue weighted by Crippen LogP contribution is 2.12. The zero-order chi connectivity index (χ0) is 22.7. The molecule has 0 radical (unpaired) electrons. The number of amides is 1. The van der Waals surface area contributed by atoms with Gasteiger partial charge in [-0.1, -0.05) is 54.1 Å². The van der Waals surface area contributed by atoms with Gasteiger partial charge in [0.1, 0.15) is 6.54 Å². The number of hydrogen-bond donors (Lipinski definition) is 1. The molecule has 0 bridgehead atoms. The van der Waals surface area contributed by atoms with Gasteiger partial charge in [-0.25, -0.2) is 4.79 Å². The van der Waals surface area contributed by atoms with Crippen molar-refractivity contribution in [2.75, 3.05) is 5.32 Å². The van der Waals surface area contributed by atoms with Crippen LogP contribution in [0.4, 0.5) is 5.69 Å². The molecule has 0 aliphatic carbocycles. The van der Waals surface area contributed by atoms with Gasteiger partial charge in [-0.3, -0.25) is 18.7 Å². The number of hydrogen-bond acceptors (Lipinski definition) is 3. The second kappa shape index (κ2) is 9.06. The van der Waals surface area contributed by atoms with Crippen molar-refractivity contribution in [3.63, 3.8) is 0 Å². The minimum absolute atomic E-state index is 0.183. The molecule has 0 atom stereocenters. The van der Waals surface area contributed by atoms with E-state index in [1.165, 1.54) is 9.13 Å². The Kier molecular flexibility index (Phi) is 6.03. The number of rotatable bonds is 6. The minimum atomic E-state index is -0.485. The van der Waals surface area contributed by atoms with Crippen molar-refractivity contribution in [2.24, 2.45) is 0 Å². The highest BCUT2D eigenvalue weighted by molar-refractivity contribution is 5.91. The van der Waals surface area contributed by atoms with Crippen molar-refractivity contribution in [1.29, 1.82) is 0 Å². The molecule has 6 heteroatoms. The van der Waals surface area contributed by atoms with Gasteiger partial charge in [0.05, 0.1) is 10.9 Å². The Balaban J connectivity index is 1.69. The molecule has 0 unspecified atom stereocenters. The van der Waals surface area contributed by atoms with Gasteiger partial charge in [0, 0.05) is 12.2 Å². The van der Waals surface area contributed by atoms with E-state index in [1.807, 2.05) is 56.3 Å². The Labute approximate surface area is 185 Å². The topological polar surface area (TPSA) is 73.1 Å². The highest BCUT2D eigenvalue weighted by atomic mass is 16.2. The van der Waals surface area contributed by atoms with Crippen LogP contribution in [0.3, 0.4) is 0 Å². The molecule has 0 aliphatic heterocycles. The average molecular weight is 428 g/mol. The first-order chi connectivity index (χ1) is 15.4. The molecule has 1 amide bonds. The number of benzene rings is 3. The van der Waals surface area contributed by atoms with E-state index in [0.29, 0.717) is 23.0 Å². The lowest BCUT2D eigenvalue weighted by Gasteiger charge is -2.14. The maximum Gasteiger partial charge on any atom is 0.331 e. The molecule has 0 spiro atoms. The van der Waals surface area contributed by atoms with Gasteiger partial charge in [-0.15, -0.1) is 0 Å². The van der Waals surface area contributed by atoms with Crippen molar-refractivity contribution in [3.05, 3.63) is 110 Å². The number of aromatic nitrogens is 2. The van der Waals surface area contributed by atoms with Crippen LogP contribution in [0.2, 0.25) is 0 Å². The highest BCUT2D eigenvalue weighted by Gasteiger charge is 2.15. The second-order valence-electron chi connectivity index (χ2n) is 8.00. The summed E-state index contributed by atoms with van der Waals surface area (Å²) in [7, 11) is 0. The van der Waals surface area contributed by atoms with E-state index >= 15 is 0 Å². The lowest BCUT2D eigenvalue weighted by atomic mass is 10.1. The molecule has 162 valence electrons. The number of carbonyl (C=O) groups excluding carboxylic acids is 1. The number of nitrogens with one attached hydrogen (secondary N) is 1. The van der Waals surface area contributed by atoms with Crippen molar-refractivity contribution in [1.82, 2.24) is 9.13 Å². The van der Waals surface area contributed by atoms with Gasteiger partial charge in [-0.05, 0) is 55.7 Å². The number of aryl methyl sites for hydroxylation is 3. The first-order valence-corrected chi connectivity index (χ1v) is 10.6. The molecule has 0 aliphatic rings. The third-order valence-electron chi connectivity index (χ3n) is 5.44. The van der Waals surface area contributed by atoms with E-state index < -0.39 is 5.69 Å². The largest absolute Gasteiger partial charge is 0.331 e. The Morgan fingerprint density at radius 1 is 0.844 bits per heavy atom. The molecule has 0 saturated carbocycles. The van der Waals surface area contributed by atoms with Gasteiger partial charge in [-0.2, -0.15) is 0 Å². The summed E-state index contributed by atoms with van der Waals surface area (Å²) in [6.45, 7) is 4.01. The van der Waals surface area contributed by atoms with E-state index in [4.69, 9.17) is 0 Å². The predicted octanol–water partition coefficient (Wildman–Crippen LogP) is 3.66. The van der Waals surface area contributed by atoms with E-state index in [1.54, 1.807) is 30.3 Å². The number of carbonyl (C=O) groups is 1. The van der Waals surface area contributed by atoms with E-state index in [2.05, 4.69) is 5.32 Å². The standard InChI is InChI=1S/C26H25N3O3/c1-18-7-5-9-20(15-18)13-14-28-25(31)22-11-3-4-12-23(22)29(26(28)32)17-24(30)27-21-10-6-8-19(2)16-21/h3-12,15-16H,13-14,17H2,1-2H3,(H,27,30). The Hall–Kier alpha value is -3.93. The average Bonchev–Trinajstić information content (AvgIpc) is 2.77. The van der Waals surface area contributed by atoms with E-state index in [0.717, 1.165) is 16.7 Å². The lowest BCUT2D eigenvalue weighted by Crippen LogP contribution is -2.42. The smallest absolute Gasteiger partial charge is 0.325 e. The summed E-state index contributed by atoms with van der Waals surface area (Å²) in [6.07, 6.45) is 0.546. The van der Waals surface area contributed by atoms with E-state index in [-0.39, 0.29) is 24.6 Å². The number of para-hydroxylation sites is 1. The molecule has 0 fully saturated rings. The molecule has 1 aromatic heterocycles.